The van der Waals surface area contributed by atoms with E-state index in [1.165, 1.54) is 18.2 Å². The second kappa shape index (κ2) is 5.59. The van der Waals surface area contributed by atoms with Crippen LogP contribution in [0.15, 0.2) is 30.6 Å². The van der Waals surface area contributed by atoms with E-state index in [0.717, 1.165) is 5.56 Å². The molecule has 2 aromatic rings. The standard InChI is InChI=1S/C13H15ClFN3O/c1-8(16)13(9-6-17-18(2)7-9)19-10-3-4-12(15)11(14)5-10/h3-8,13H,16H2,1-2H3. The van der Waals surface area contributed by atoms with Crippen molar-refractivity contribution in [2.75, 3.05) is 0 Å². The van der Waals surface area contributed by atoms with E-state index in [0.29, 0.717) is 5.75 Å². The minimum atomic E-state index is -0.479. The van der Waals surface area contributed by atoms with E-state index in [2.05, 4.69) is 5.10 Å². The summed E-state index contributed by atoms with van der Waals surface area (Å²) in [5, 5.41) is 4.11. The molecule has 0 saturated heterocycles. The van der Waals surface area contributed by atoms with Gasteiger partial charge in [0.25, 0.3) is 0 Å². The van der Waals surface area contributed by atoms with Crippen LogP contribution in [0, 0.1) is 5.82 Å². The lowest BCUT2D eigenvalue weighted by molar-refractivity contribution is 0.180. The third-order valence-electron chi connectivity index (χ3n) is 2.69. The molecule has 2 N–H and O–H groups in total. The smallest absolute Gasteiger partial charge is 0.142 e. The van der Waals surface area contributed by atoms with E-state index in [1.807, 2.05) is 20.2 Å². The molecule has 1 heterocycles. The van der Waals surface area contributed by atoms with Gasteiger partial charge in [0, 0.05) is 30.9 Å². The molecule has 6 heteroatoms. The molecule has 0 fully saturated rings. The maximum Gasteiger partial charge on any atom is 0.142 e. The van der Waals surface area contributed by atoms with Crippen LogP contribution in [0.1, 0.15) is 18.6 Å². The number of nitrogens with zero attached hydrogens (tertiary/aromatic N) is 2. The molecule has 0 aliphatic carbocycles. The Labute approximate surface area is 115 Å². The van der Waals surface area contributed by atoms with Crippen LogP contribution in [0.3, 0.4) is 0 Å². The fourth-order valence-electron chi connectivity index (χ4n) is 1.76. The molecular weight excluding hydrogens is 269 g/mol. The Bertz CT molecular complexity index is 571. The molecule has 0 saturated carbocycles. The van der Waals surface area contributed by atoms with Crippen molar-refractivity contribution >= 4 is 11.6 Å². The molecule has 1 aromatic heterocycles. The lowest BCUT2D eigenvalue weighted by atomic mass is 10.1. The van der Waals surface area contributed by atoms with Gasteiger partial charge in [0.1, 0.15) is 17.7 Å². The fourth-order valence-corrected chi connectivity index (χ4v) is 1.93. The van der Waals surface area contributed by atoms with Crippen LogP contribution in [0.4, 0.5) is 4.39 Å². The highest BCUT2D eigenvalue weighted by Crippen LogP contribution is 2.27. The van der Waals surface area contributed by atoms with Crippen LogP contribution >= 0.6 is 11.6 Å². The topological polar surface area (TPSA) is 53.1 Å². The van der Waals surface area contributed by atoms with Crippen LogP contribution in [0.2, 0.25) is 5.02 Å². The minimum Gasteiger partial charge on any atom is -0.484 e. The highest BCUT2D eigenvalue weighted by atomic mass is 35.5. The summed E-state index contributed by atoms with van der Waals surface area (Å²) in [5.74, 6) is -0.00899. The number of rotatable bonds is 4. The van der Waals surface area contributed by atoms with Gasteiger partial charge in [-0.2, -0.15) is 5.10 Å². The van der Waals surface area contributed by atoms with Crippen molar-refractivity contribution in [1.82, 2.24) is 9.78 Å². The molecule has 102 valence electrons. The zero-order valence-electron chi connectivity index (χ0n) is 10.7. The zero-order chi connectivity index (χ0) is 14.0. The van der Waals surface area contributed by atoms with Gasteiger partial charge >= 0.3 is 0 Å². The first kappa shape index (κ1) is 13.8. The van der Waals surface area contributed by atoms with Gasteiger partial charge in [0.15, 0.2) is 0 Å². The van der Waals surface area contributed by atoms with E-state index >= 15 is 0 Å². The average Bonchev–Trinajstić information content (AvgIpc) is 2.76. The number of hydrogen-bond acceptors (Lipinski definition) is 3. The highest BCUT2D eigenvalue weighted by molar-refractivity contribution is 6.30. The normalized spacial score (nSPS) is 14.2. The lowest BCUT2D eigenvalue weighted by Gasteiger charge is -2.21. The van der Waals surface area contributed by atoms with Crippen LogP contribution < -0.4 is 10.5 Å². The first-order chi connectivity index (χ1) is 8.97. The Kier molecular flexibility index (Phi) is 4.07. The van der Waals surface area contributed by atoms with Crippen molar-refractivity contribution in [3.05, 3.63) is 47.0 Å². The molecular formula is C13H15ClFN3O. The summed E-state index contributed by atoms with van der Waals surface area (Å²) < 4.78 is 20.5. The molecule has 2 rings (SSSR count). The van der Waals surface area contributed by atoms with E-state index in [9.17, 15) is 4.39 Å². The van der Waals surface area contributed by atoms with Gasteiger partial charge in [-0.05, 0) is 19.1 Å². The predicted octanol–water partition coefficient (Wildman–Crippen LogP) is 2.68. The van der Waals surface area contributed by atoms with Crippen LogP contribution in [-0.4, -0.2) is 15.8 Å². The molecule has 0 radical (unpaired) electrons. The Hall–Kier alpha value is -1.59. The number of halogens is 2. The monoisotopic (exact) mass is 283 g/mol. The molecule has 2 atom stereocenters. The average molecular weight is 284 g/mol. The Balaban J connectivity index is 2.23. The van der Waals surface area contributed by atoms with Crippen molar-refractivity contribution in [2.45, 2.75) is 19.1 Å². The van der Waals surface area contributed by atoms with E-state index < -0.39 is 5.82 Å². The maximum atomic E-state index is 13.1. The second-order valence-electron chi connectivity index (χ2n) is 4.42. The SMILES string of the molecule is CC(N)C(Oc1ccc(F)c(Cl)c1)c1cnn(C)c1. The zero-order valence-corrected chi connectivity index (χ0v) is 11.4. The quantitative estimate of drug-likeness (QED) is 0.938. The number of aryl methyl sites for hydroxylation is 1. The van der Waals surface area contributed by atoms with E-state index in [-0.39, 0.29) is 17.2 Å². The number of hydrogen-bond donors (Lipinski definition) is 1. The predicted molar refractivity (Wildman–Crippen MR) is 71.6 cm³/mol. The van der Waals surface area contributed by atoms with Gasteiger partial charge in [0.2, 0.25) is 0 Å². The summed E-state index contributed by atoms with van der Waals surface area (Å²) in [4.78, 5) is 0. The van der Waals surface area contributed by atoms with Gasteiger partial charge in [-0.25, -0.2) is 4.39 Å². The molecule has 2 unspecified atom stereocenters. The van der Waals surface area contributed by atoms with Gasteiger partial charge in [-0.15, -0.1) is 0 Å². The fraction of sp³-hybridized carbons (Fsp3) is 0.308. The Morgan fingerprint density at radius 2 is 2.21 bits per heavy atom. The van der Waals surface area contributed by atoms with Gasteiger partial charge in [0.05, 0.1) is 11.2 Å². The molecule has 0 aliphatic heterocycles. The lowest BCUT2D eigenvalue weighted by Crippen LogP contribution is -2.28. The third kappa shape index (κ3) is 3.24. The third-order valence-corrected chi connectivity index (χ3v) is 2.97. The summed E-state index contributed by atoms with van der Waals surface area (Å²) >= 11 is 5.72. The van der Waals surface area contributed by atoms with Gasteiger partial charge in [-0.3, -0.25) is 4.68 Å². The Morgan fingerprint density at radius 3 is 2.74 bits per heavy atom. The first-order valence-corrected chi connectivity index (χ1v) is 6.21. The first-order valence-electron chi connectivity index (χ1n) is 5.83. The highest BCUT2D eigenvalue weighted by Gasteiger charge is 2.20. The summed E-state index contributed by atoms with van der Waals surface area (Å²) in [6.07, 6.45) is 3.16. The largest absolute Gasteiger partial charge is 0.484 e. The van der Waals surface area contributed by atoms with Crippen LogP contribution in [-0.2, 0) is 7.05 Å². The van der Waals surface area contributed by atoms with Crippen molar-refractivity contribution in [1.29, 1.82) is 0 Å². The van der Waals surface area contributed by atoms with Crippen LogP contribution in [0.5, 0.6) is 5.75 Å². The van der Waals surface area contributed by atoms with Crippen LogP contribution in [0.25, 0.3) is 0 Å². The molecule has 19 heavy (non-hydrogen) atoms. The van der Waals surface area contributed by atoms with Gasteiger partial charge < -0.3 is 10.5 Å². The maximum absolute atomic E-state index is 13.1. The molecule has 0 spiro atoms. The van der Waals surface area contributed by atoms with Crippen molar-refractivity contribution in [2.24, 2.45) is 12.8 Å². The number of ether oxygens (including phenoxy) is 1. The molecule has 4 nitrogen and oxygen atoms in total. The number of aromatic nitrogens is 2. The van der Waals surface area contributed by atoms with Crippen molar-refractivity contribution in [3.63, 3.8) is 0 Å². The second-order valence-corrected chi connectivity index (χ2v) is 4.83. The molecule has 1 aromatic carbocycles. The van der Waals surface area contributed by atoms with Gasteiger partial charge in [-0.1, -0.05) is 11.6 Å². The molecule has 0 bridgehead atoms. The van der Waals surface area contributed by atoms with Crippen molar-refractivity contribution in [3.8, 4) is 5.75 Å². The summed E-state index contributed by atoms with van der Waals surface area (Å²) in [5.41, 5.74) is 6.78. The van der Waals surface area contributed by atoms with E-state index in [4.69, 9.17) is 22.1 Å². The number of benzene rings is 1. The summed E-state index contributed by atoms with van der Waals surface area (Å²) in [6.45, 7) is 1.84. The summed E-state index contributed by atoms with van der Waals surface area (Å²) in [6, 6.07) is 3.97. The summed E-state index contributed by atoms with van der Waals surface area (Å²) in [7, 11) is 1.82. The molecule has 0 aliphatic rings. The van der Waals surface area contributed by atoms with E-state index in [1.54, 1.807) is 10.9 Å². The van der Waals surface area contributed by atoms with Crippen molar-refractivity contribution < 1.29 is 9.13 Å². The number of nitrogens with two attached hydrogens (primary N) is 1. The Morgan fingerprint density at radius 1 is 1.47 bits per heavy atom. The molecule has 0 amide bonds. The minimum absolute atomic E-state index is 0.0205.